The summed E-state index contributed by atoms with van der Waals surface area (Å²) >= 11 is 0. The summed E-state index contributed by atoms with van der Waals surface area (Å²) in [7, 11) is 1.76. The first-order valence-corrected chi connectivity index (χ1v) is 9.62. The fourth-order valence-electron chi connectivity index (χ4n) is 4.51. The van der Waals surface area contributed by atoms with Gasteiger partial charge in [-0.2, -0.15) is 5.10 Å². The van der Waals surface area contributed by atoms with Crippen molar-refractivity contribution in [2.24, 2.45) is 0 Å². The summed E-state index contributed by atoms with van der Waals surface area (Å²) in [4.78, 5) is 19.4. The van der Waals surface area contributed by atoms with Crippen LogP contribution in [0.15, 0.2) is 36.7 Å². The van der Waals surface area contributed by atoms with Crippen LogP contribution in [0.2, 0.25) is 0 Å². The fourth-order valence-corrected chi connectivity index (χ4v) is 4.51. The number of fused-ring (bicyclic) bond motifs is 1. The molecule has 7 nitrogen and oxygen atoms in total. The Balaban J connectivity index is 1.55. The minimum absolute atomic E-state index is 0.00216. The van der Waals surface area contributed by atoms with E-state index >= 15 is 0 Å². The summed E-state index contributed by atoms with van der Waals surface area (Å²) in [6, 6.07) is 7.45. The van der Waals surface area contributed by atoms with E-state index in [1.54, 1.807) is 30.3 Å². The zero-order valence-electron chi connectivity index (χ0n) is 15.9. The quantitative estimate of drug-likeness (QED) is 0.809. The average Bonchev–Trinajstić information content (AvgIpc) is 3.33. The van der Waals surface area contributed by atoms with Crippen LogP contribution in [-0.2, 0) is 11.3 Å². The monoisotopic (exact) mass is 370 g/mol. The third kappa shape index (κ3) is 3.20. The smallest absolute Gasteiger partial charge is 0.272 e. The van der Waals surface area contributed by atoms with E-state index in [0.29, 0.717) is 24.7 Å². The van der Waals surface area contributed by atoms with Crippen molar-refractivity contribution in [1.82, 2.24) is 19.7 Å². The summed E-state index contributed by atoms with van der Waals surface area (Å²) in [5.74, 6) is 0.657. The van der Waals surface area contributed by atoms with Gasteiger partial charge in [0.25, 0.3) is 5.91 Å². The molecule has 0 aromatic carbocycles. The van der Waals surface area contributed by atoms with Gasteiger partial charge in [-0.05, 0) is 38.3 Å². The van der Waals surface area contributed by atoms with Crippen LogP contribution in [0, 0.1) is 0 Å². The molecule has 2 aromatic heterocycles. The summed E-state index contributed by atoms with van der Waals surface area (Å²) in [5.41, 5.74) is 0.355. The molecule has 0 spiro atoms. The van der Waals surface area contributed by atoms with Crippen molar-refractivity contribution in [3.8, 4) is 5.88 Å². The van der Waals surface area contributed by atoms with Gasteiger partial charge in [-0.15, -0.1) is 0 Å². The lowest BCUT2D eigenvalue weighted by Crippen LogP contribution is -2.53. The second-order valence-corrected chi connectivity index (χ2v) is 7.25. The summed E-state index contributed by atoms with van der Waals surface area (Å²) in [6.07, 6.45) is 6.82. The molecule has 2 aliphatic rings. The summed E-state index contributed by atoms with van der Waals surface area (Å²) in [6.45, 7) is 3.36. The third-order valence-corrected chi connectivity index (χ3v) is 5.96. The number of pyridine rings is 1. The largest absolute Gasteiger partial charge is 0.474 e. The molecular weight excluding hydrogens is 344 g/mol. The van der Waals surface area contributed by atoms with Crippen molar-refractivity contribution in [2.75, 3.05) is 13.7 Å². The number of rotatable bonds is 5. The lowest BCUT2D eigenvalue weighted by molar-refractivity contribution is -0.0789. The van der Waals surface area contributed by atoms with Gasteiger partial charge < -0.3 is 14.4 Å². The van der Waals surface area contributed by atoms with Crippen molar-refractivity contribution in [1.29, 1.82) is 0 Å². The standard InChI is InChI=1S/C20H26N4O3/c1-3-24-16(8-12-22-24)19(25)23-13-10-20(26-2)9-7-15(14-17(20)23)27-18-6-4-5-11-21-18/h4-6,8,11-12,15,17H,3,7,9-10,13-14H2,1-2H3/t15?,17?,20-/m1/s1. The molecule has 0 radical (unpaired) electrons. The molecule has 0 N–H and O–H groups in total. The molecular formula is C20H26N4O3. The Morgan fingerprint density at radius 1 is 1.30 bits per heavy atom. The van der Waals surface area contributed by atoms with Crippen molar-refractivity contribution in [3.63, 3.8) is 0 Å². The highest BCUT2D eigenvalue weighted by atomic mass is 16.5. The van der Waals surface area contributed by atoms with Crippen LogP contribution >= 0.6 is 0 Å². The van der Waals surface area contributed by atoms with Gasteiger partial charge in [-0.25, -0.2) is 4.98 Å². The maximum absolute atomic E-state index is 13.2. The number of hydrogen-bond acceptors (Lipinski definition) is 5. The lowest BCUT2D eigenvalue weighted by Gasteiger charge is -2.43. The SMILES string of the molecule is CCn1nccc1C(=O)N1CC[C@]2(OC)CCC(Oc3ccccn3)CC12. The number of carbonyl (C=O) groups is 1. The van der Waals surface area contributed by atoms with Gasteiger partial charge >= 0.3 is 0 Å². The molecule has 0 bridgehead atoms. The molecule has 2 unspecified atom stereocenters. The first kappa shape index (κ1) is 18.0. The van der Waals surface area contributed by atoms with Crippen LogP contribution in [0.5, 0.6) is 5.88 Å². The van der Waals surface area contributed by atoms with Crippen LogP contribution in [0.3, 0.4) is 0 Å². The third-order valence-electron chi connectivity index (χ3n) is 5.96. The topological polar surface area (TPSA) is 69.5 Å². The van der Waals surface area contributed by atoms with Crippen LogP contribution in [0.4, 0.5) is 0 Å². The maximum Gasteiger partial charge on any atom is 0.272 e. The van der Waals surface area contributed by atoms with Gasteiger partial charge in [0.05, 0.1) is 11.6 Å². The van der Waals surface area contributed by atoms with E-state index in [4.69, 9.17) is 9.47 Å². The number of hydrogen-bond donors (Lipinski definition) is 0. The zero-order chi connectivity index (χ0) is 18.9. The van der Waals surface area contributed by atoms with Crippen molar-refractivity contribution in [3.05, 3.63) is 42.4 Å². The van der Waals surface area contributed by atoms with E-state index in [9.17, 15) is 4.79 Å². The Hall–Kier alpha value is -2.41. The van der Waals surface area contributed by atoms with Crippen molar-refractivity contribution >= 4 is 5.91 Å². The van der Waals surface area contributed by atoms with Gasteiger partial charge in [0.15, 0.2) is 0 Å². The molecule has 1 saturated heterocycles. The molecule has 1 amide bonds. The van der Waals surface area contributed by atoms with Gasteiger partial charge in [0.2, 0.25) is 5.88 Å². The zero-order valence-corrected chi connectivity index (χ0v) is 15.9. The minimum atomic E-state index is -0.281. The van der Waals surface area contributed by atoms with Crippen molar-refractivity contribution in [2.45, 2.75) is 56.9 Å². The highest BCUT2D eigenvalue weighted by molar-refractivity contribution is 5.93. The molecule has 7 heteroatoms. The first-order valence-electron chi connectivity index (χ1n) is 9.62. The van der Waals surface area contributed by atoms with E-state index in [-0.39, 0.29) is 23.7 Å². The summed E-state index contributed by atoms with van der Waals surface area (Å²) in [5, 5.41) is 4.24. The second-order valence-electron chi connectivity index (χ2n) is 7.25. The Kier molecular flexibility index (Phi) is 4.86. The Bertz CT molecular complexity index is 794. The Labute approximate surface area is 159 Å². The number of methoxy groups -OCH3 is 1. The van der Waals surface area contributed by atoms with E-state index in [0.717, 1.165) is 25.7 Å². The number of amides is 1. The molecule has 144 valence electrons. The highest BCUT2D eigenvalue weighted by Crippen LogP contribution is 2.43. The van der Waals surface area contributed by atoms with Gasteiger partial charge in [-0.3, -0.25) is 9.48 Å². The van der Waals surface area contributed by atoms with Gasteiger partial charge in [-0.1, -0.05) is 6.07 Å². The van der Waals surface area contributed by atoms with Crippen LogP contribution < -0.4 is 4.74 Å². The first-order chi connectivity index (χ1) is 13.2. The van der Waals surface area contributed by atoms with E-state index in [2.05, 4.69) is 10.1 Å². The van der Waals surface area contributed by atoms with E-state index in [1.165, 1.54) is 0 Å². The van der Waals surface area contributed by atoms with E-state index < -0.39 is 0 Å². The highest BCUT2D eigenvalue weighted by Gasteiger charge is 2.53. The number of aryl methyl sites for hydroxylation is 1. The molecule has 2 aromatic rings. The Morgan fingerprint density at radius 2 is 2.19 bits per heavy atom. The predicted molar refractivity (Wildman–Crippen MR) is 99.6 cm³/mol. The van der Waals surface area contributed by atoms with Crippen molar-refractivity contribution < 1.29 is 14.3 Å². The molecule has 1 aliphatic carbocycles. The number of nitrogens with zero attached hydrogens (tertiary/aromatic N) is 4. The minimum Gasteiger partial charge on any atom is -0.474 e. The van der Waals surface area contributed by atoms with Crippen LogP contribution in [-0.4, -0.2) is 57.0 Å². The molecule has 27 heavy (non-hydrogen) atoms. The fraction of sp³-hybridized carbons (Fsp3) is 0.550. The van der Waals surface area contributed by atoms with Gasteiger partial charge in [0, 0.05) is 45.1 Å². The number of carbonyl (C=O) groups excluding carboxylic acids is 1. The number of likely N-dealkylation sites (tertiary alicyclic amines) is 1. The van der Waals surface area contributed by atoms with Crippen LogP contribution in [0.1, 0.15) is 43.1 Å². The molecule has 3 heterocycles. The molecule has 2 fully saturated rings. The molecule has 1 aliphatic heterocycles. The Morgan fingerprint density at radius 3 is 2.93 bits per heavy atom. The van der Waals surface area contributed by atoms with Crippen LogP contribution in [0.25, 0.3) is 0 Å². The van der Waals surface area contributed by atoms with Gasteiger partial charge in [0.1, 0.15) is 11.8 Å². The maximum atomic E-state index is 13.2. The van der Waals surface area contributed by atoms with E-state index in [1.807, 2.05) is 30.0 Å². The molecule has 4 rings (SSSR count). The number of ether oxygens (including phenoxy) is 2. The normalized spacial score (nSPS) is 27.4. The average molecular weight is 370 g/mol. The lowest BCUT2D eigenvalue weighted by atomic mass is 9.79. The summed E-state index contributed by atoms with van der Waals surface area (Å²) < 4.78 is 13.8. The molecule has 1 saturated carbocycles. The molecule has 3 atom stereocenters. The number of aromatic nitrogens is 3. The predicted octanol–water partition coefficient (Wildman–Crippen LogP) is 2.53. The second kappa shape index (κ2) is 7.31.